The maximum atomic E-state index is 15.1. The van der Waals surface area contributed by atoms with Crippen LogP contribution in [-0.4, -0.2) is 43.2 Å². The van der Waals surface area contributed by atoms with Crippen LogP contribution in [0.1, 0.15) is 34.8 Å². The second-order valence-electron chi connectivity index (χ2n) is 6.87. The monoisotopic (exact) mass is 461 g/mol. The molecule has 0 aliphatic carbocycles. The molecule has 0 saturated carbocycles. The van der Waals surface area contributed by atoms with Gasteiger partial charge in [0, 0.05) is 53.9 Å². The Labute approximate surface area is 183 Å². The number of nitrogens with zero attached hydrogens (tertiary/aromatic N) is 2. The summed E-state index contributed by atoms with van der Waals surface area (Å²) in [5, 5.41) is 0.312. The van der Waals surface area contributed by atoms with Crippen molar-refractivity contribution in [2.45, 2.75) is 13.3 Å². The number of nitrogens with two attached hydrogens (primary N) is 1. The van der Waals surface area contributed by atoms with Crippen LogP contribution >= 0.6 is 0 Å². The molecule has 3 rings (SSSR count). The van der Waals surface area contributed by atoms with Crippen molar-refractivity contribution in [1.82, 2.24) is 9.97 Å². The van der Waals surface area contributed by atoms with Gasteiger partial charge < -0.3 is 10.7 Å². The highest BCUT2D eigenvalue weighted by atomic mass is 32.2. The van der Waals surface area contributed by atoms with Gasteiger partial charge in [-0.05, 0) is 24.6 Å². The summed E-state index contributed by atoms with van der Waals surface area (Å²) in [4.78, 5) is 24.0. The van der Waals surface area contributed by atoms with Crippen LogP contribution in [0.3, 0.4) is 0 Å². The molecule has 0 saturated heterocycles. The van der Waals surface area contributed by atoms with Gasteiger partial charge in [0.25, 0.3) is 0 Å². The van der Waals surface area contributed by atoms with E-state index < -0.39 is 38.7 Å². The number of H-pyrrole nitrogens is 1. The Morgan fingerprint density at radius 1 is 1.34 bits per heavy atom. The summed E-state index contributed by atoms with van der Waals surface area (Å²) in [5.74, 6) is -3.63. The molecule has 2 aromatic heterocycles. The number of fused-ring (bicyclic) bond motifs is 1. The van der Waals surface area contributed by atoms with E-state index >= 15 is 4.39 Å². The molecule has 0 spiro atoms. The standard InChI is InChI=1S/C21H21F2N5O3S/c1-3-6-32(30,31)28-17-5-4-16(22)18(19(17)23)20(29)15-11-27-21-14(15)7-12(10-26-21)13(8-24)9-25-2/h4-5,7-11,28H,3,6,24H2,1-2H3,(H,26,27). The van der Waals surface area contributed by atoms with E-state index in [1.165, 1.54) is 24.8 Å². The van der Waals surface area contributed by atoms with E-state index in [0.29, 0.717) is 28.6 Å². The Bertz CT molecular complexity index is 1350. The van der Waals surface area contributed by atoms with Gasteiger partial charge in [-0.15, -0.1) is 0 Å². The second-order valence-corrected chi connectivity index (χ2v) is 8.71. The third-order valence-corrected chi connectivity index (χ3v) is 6.09. The van der Waals surface area contributed by atoms with Crippen molar-refractivity contribution < 1.29 is 22.0 Å². The molecular formula is C21H21F2N5O3S. The minimum Gasteiger partial charge on any atom is -0.404 e. The molecule has 0 aliphatic rings. The number of hydrogen-bond donors (Lipinski definition) is 3. The molecule has 0 unspecified atom stereocenters. The zero-order valence-corrected chi connectivity index (χ0v) is 18.1. The smallest absolute Gasteiger partial charge is 0.232 e. The van der Waals surface area contributed by atoms with E-state index in [1.807, 2.05) is 0 Å². The summed E-state index contributed by atoms with van der Waals surface area (Å²) < 4.78 is 55.6. The van der Waals surface area contributed by atoms with Gasteiger partial charge in [0.05, 0.1) is 17.0 Å². The van der Waals surface area contributed by atoms with Crippen molar-refractivity contribution in [2.75, 3.05) is 17.5 Å². The van der Waals surface area contributed by atoms with Crippen LogP contribution in [0, 0.1) is 11.6 Å². The number of anilines is 1. The Morgan fingerprint density at radius 2 is 2.09 bits per heavy atom. The maximum Gasteiger partial charge on any atom is 0.232 e. The highest BCUT2D eigenvalue weighted by molar-refractivity contribution is 7.92. The first-order valence-corrected chi connectivity index (χ1v) is 11.2. The average molecular weight is 461 g/mol. The minimum atomic E-state index is -3.84. The summed E-state index contributed by atoms with van der Waals surface area (Å²) in [7, 11) is -2.28. The predicted molar refractivity (Wildman–Crippen MR) is 120 cm³/mol. The lowest BCUT2D eigenvalue weighted by Crippen LogP contribution is -2.18. The lowest BCUT2D eigenvalue weighted by molar-refractivity contribution is 0.103. The zero-order valence-electron chi connectivity index (χ0n) is 17.3. The fourth-order valence-electron chi connectivity index (χ4n) is 3.16. The first kappa shape index (κ1) is 23.1. The third kappa shape index (κ3) is 4.52. The highest BCUT2D eigenvalue weighted by Crippen LogP contribution is 2.28. The zero-order chi connectivity index (χ0) is 23.5. The number of sulfonamides is 1. The number of allylic oxidation sites excluding steroid dienone is 1. The number of pyridine rings is 1. The van der Waals surface area contributed by atoms with Crippen molar-refractivity contribution in [3.8, 4) is 0 Å². The fourth-order valence-corrected chi connectivity index (χ4v) is 4.30. The molecule has 0 aliphatic heterocycles. The van der Waals surface area contributed by atoms with Gasteiger partial charge in [-0.2, -0.15) is 0 Å². The van der Waals surface area contributed by atoms with E-state index in [9.17, 15) is 17.6 Å². The summed E-state index contributed by atoms with van der Waals surface area (Å²) in [6.45, 7) is 1.64. The number of hydrogen-bond acceptors (Lipinski definition) is 6. The van der Waals surface area contributed by atoms with Crippen molar-refractivity contribution in [3.63, 3.8) is 0 Å². The van der Waals surface area contributed by atoms with Gasteiger partial charge in [-0.25, -0.2) is 22.2 Å². The SMILES string of the molecule is CCCS(=O)(=O)Nc1ccc(F)c(C(=O)c2c[nH]c3ncc(C(C=NC)=CN)cc23)c1F. The Kier molecular flexibility index (Phi) is 6.68. The lowest BCUT2D eigenvalue weighted by Gasteiger charge is -2.11. The number of halogens is 2. The first-order chi connectivity index (χ1) is 15.2. The quantitative estimate of drug-likeness (QED) is 0.350. The lowest BCUT2D eigenvalue weighted by atomic mass is 10.00. The van der Waals surface area contributed by atoms with Crippen molar-refractivity contribution >= 4 is 44.3 Å². The molecule has 0 radical (unpaired) electrons. The maximum absolute atomic E-state index is 15.1. The van der Waals surface area contributed by atoms with Crippen molar-refractivity contribution in [1.29, 1.82) is 0 Å². The first-order valence-electron chi connectivity index (χ1n) is 9.57. The molecule has 1 aromatic carbocycles. The van der Waals surface area contributed by atoms with Crippen LogP contribution in [0.4, 0.5) is 14.5 Å². The molecule has 0 fully saturated rings. The predicted octanol–water partition coefficient (Wildman–Crippen LogP) is 3.22. The molecule has 0 bridgehead atoms. The molecule has 2 heterocycles. The average Bonchev–Trinajstić information content (AvgIpc) is 3.17. The largest absolute Gasteiger partial charge is 0.404 e. The summed E-state index contributed by atoms with van der Waals surface area (Å²) in [5.41, 5.74) is 5.60. The molecule has 3 aromatic rings. The molecule has 32 heavy (non-hydrogen) atoms. The van der Waals surface area contributed by atoms with Crippen LogP contribution in [-0.2, 0) is 10.0 Å². The Morgan fingerprint density at radius 3 is 2.75 bits per heavy atom. The molecule has 168 valence electrons. The van der Waals surface area contributed by atoms with Crippen LogP contribution in [0.25, 0.3) is 16.6 Å². The highest BCUT2D eigenvalue weighted by Gasteiger charge is 2.26. The molecule has 8 nitrogen and oxygen atoms in total. The van der Waals surface area contributed by atoms with E-state index in [4.69, 9.17) is 5.73 Å². The van der Waals surface area contributed by atoms with Crippen LogP contribution < -0.4 is 10.5 Å². The van der Waals surface area contributed by atoms with Crippen LogP contribution in [0.2, 0.25) is 0 Å². The number of aromatic amines is 1. The number of aromatic nitrogens is 2. The number of carbonyl (C=O) groups excluding carboxylic acids is 1. The van der Waals surface area contributed by atoms with Gasteiger partial charge >= 0.3 is 0 Å². The molecular weight excluding hydrogens is 440 g/mol. The summed E-state index contributed by atoms with van der Waals surface area (Å²) >= 11 is 0. The Hall–Kier alpha value is -3.60. The van der Waals surface area contributed by atoms with Gasteiger partial charge in [-0.3, -0.25) is 14.5 Å². The Balaban J connectivity index is 2.10. The number of aliphatic imine (C=N–C) groups is 1. The van der Waals surface area contributed by atoms with Crippen LogP contribution in [0.5, 0.6) is 0 Å². The van der Waals surface area contributed by atoms with Gasteiger partial charge in [0.1, 0.15) is 11.5 Å². The molecule has 4 N–H and O–H groups in total. The topological polar surface area (TPSA) is 130 Å². The number of ketones is 1. The van der Waals surface area contributed by atoms with Crippen LogP contribution in [0.15, 0.2) is 41.8 Å². The van der Waals surface area contributed by atoms with Crippen molar-refractivity contribution in [3.05, 3.63) is 65.1 Å². The molecule has 11 heteroatoms. The molecule has 0 atom stereocenters. The number of carbonyl (C=O) groups is 1. The van der Waals surface area contributed by atoms with E-state index in [2.05, 4.69) is 19.7 Å². The van der Waals surface area contributed by atoms with E-state index in [0.717, 1.165) is 12.1 Å². The number of nitrogens with one attached hydrogen (secondary N) is 2. The third-order valence-electron chi connectivity index (χ3n) is 4.61. The molecule has 0 amide bonds. The van der Waals surface area contributed by atoms with Gasteiger partial charge in [0.15, 0.2) is 5.82 Å². The normalized spacial score (nSPS) is 12.6. The fraction of sp³-hybridized carbons (Fsp3) is 0.190. The summed E-state index contributed by atoms with van der Waals surface area (Å²) in [6, 6.07) is 3.37. The minimum absolute atomic E-state index is 0.0366. The summed E-state index contributed by atoms with van der Waals surface area (Å²) in [6.07, 6.45) is 5.92. The van der Waals surface area contributed by atoms with Crippen molar-refractivity contribution in [2.24, 2.45) is 10.7 Å². The second kappa shape index (κ2) is 9.27. The van der Waals surface area contributed by atoms with Gasteiger partial charge in [-0.1, -0.05) is 6.92 Å². The van der Waals surface area contributed by atoms with E-state index in [-0.39, 0.29) is 11.3 Å². The van der Waals surface area contributed by atoms with Gasteiger partial charge in [0.2, 0.25) is 15.8 Å². The number of rotatable bonds is 8. The number of benzene rings is 1. The van der Waals surface area contributed by atoms with E-state index in [1.54, 1.807) is 20.0 Å².